The van der Waals surface area contributed by atoms with E-state index in [1.807, 2.05) is 0 Å². The maximum absolute atomic E-state index is 12.0. The molecule has 0 saturated carbocycles. The Morgan fingerprint density at radius 3 is 2.13 bits per heavy atom. The summed E-state index contributed by atoms with van der Waals surface area (Å²) in [5.74, 6) is -1.76. The number of unbranched alkanes of at least 4 members (excludes halogenated alkanes) is 1. The van der Waals surface area contributed by atoms with Crippen LogP contribution in [-0.4, -0.2) is 57.5 Å². The van der Waals surface area contributed by atoms with Gasteiger partial charge in [0.05, 0.1) is 0 Å². The highest BCUT2D eigenvalue weighted by molar-refractivity contribution is 6.13. The predicted molar refractivity (Wildman–Crippen MR) is 78.2 cm³/mol. The fraction of sp³-hybridized carbons (Fsp3) is 0.533. The van der Waals surface area contributed by atoms with Gasteiger partial charge >= 0.3 is 0 Å². The first kappa shape index (κ1) is 16.9. The second-order valence-corrected chi connectivity index (χ2v) is 5.34. The Labute approximate surface area is 133 Å². The predicted octanol–water partition coefficient (Wildman–Crippen LogP) is -0.00580. The molecule has 1 saturated heterocycles. The molecular formula is C15H19N3O5. The van der Waals surface area contributed by atoms with Crippen LogP contribution in [0, 0.1) is 0 Å². The number of likely N-dealkylation sites (tertiary alicyclic amines) is 1. The van der Waals surface area contributed by atoms with Crippen LogP contribution in [0.1, 0.15) is 39.0 Å². The van der Waals surface area contributed by atoms with Gasteiger partial charge in [0, 0.05) is 44.5 Å². The lowest BCUT2D eigenvalue weighted by Crippen LogP contribution is -2.50. The molecule has 0 atom stereocenters. The van der Waals surface area contributed by atoms with Gasteiger partial charge in [-0.15, -0.1) is 0 Å². The molecule has 2 aliphatic rings. The van der Waals surface area contributed by atoms with E-state index in [0.717, 1.165) is 22.2 Å². The molecule has 0 spiro atoms. The van der Waals surface area contributed by atoms with Gasteiger partial charge in [-0.2, -0.15) is 5.01 Å². The molecule has 0 aromatic heterocycles. The SMILES string of the molecule is CCC(=O)N(CCCCN1C(=O)CCC1=O)N1C(=O)C=CC1=O. The number of amides is 5. The lowest BCUT2D eigenvalue weighted by atomic mass is 10.2. The lowest BCUT2D eigenvalue weighted by Gasteiger charge is -2.29. The summed E-state index contributed by atoms with van der Waals surface area (Å²) in [6, 6.07) is 0. The molecule has 8 nitrogen and oxygen atoms in total. The number of hydrazine groups is 1. The number of hydrogen-bond donors (Lipinski definition) is 0. The lowest BCUT2D eigenvalue weighted by molar-refractivity contribution is -0.167. The van der Waals surface area contributed by atoms with Crippen LogP contribution in [-0.2, 0) is 24.0 Å². The average Bonchev–Trinajstić information content (AvgIpc) is 3.02. The van der Waals surface area contributed by atoms with Crippen molar-refractivity contribution in [3.8, 4) is 0 Å². The zero-order chi connectivity index (χ0) is 17.0. The van der Waals surface area contributed by atoms with Crippen molar-refractivity contribution >= 4 is 29.5 Å². The molecule has 0 aliphatic carbocycles. The average molecular weight is 321 g/mol. The number of imide groups is 2. The van der Waals surface area contributed by atoms with E-state index in [2.05, 4.69) is 0 Å². The molecule has 124 valence electrons. The quantitative estimate of drug-likeness (QED) is 0.486. The zero-order valence-corrected chi connectivity index (χ0v) is 13.0. The third kappa shape index (κ3) is 3.64. The molecular weight excluding hydrogens is 302 g/mol. The Morgan fingerprint density at radius 1 is 1.04 bits per heavy atom. The van der Waals surface area contributed by atoms with Crippen molar-refractivity contribution < 1.29 is 24.0 Å². The van der Waals surface area contributed by atoms with E-state index < -0.39 is 11.8 Å². The minimum Gasteiger partial charge on any atom is -0.283 e. The first-order chi connectivity index (χ1) is 11.0. The number of hydrogen-bond acceptors (Lipinski definition) is 5. The first-order valence-electron chi connectivity index (χ1n) is 7.65. The molecule has 2 heterocycles. The highest BCUT2D eigenvalue weighted by Gasteiger charge is 2.32. The highest BCUT2D eigenvalue weighted by Crippen LogP contribution is 2.14. The number of carbonyl (C=O) groups is 5. The van der Waals surface area contributed by atoms with E-state index in [1.165, 1.54) is 4.90 Å². The Kier molecular flexibility index (Phi) is 5.25. The second kappa shape index (κ2) is 7.17. The van der Waals surface area contributed by atoms with E-state index in [9.17, 15) is 24.0 Å². The third-order valence-electron chi connectivity index (χ3n) is 3.77. The molecule has 0 bridgehead atoms. The second-order valence-electron chi connectivity index (χ2n) is 5.34. The fourth-order valence-electron chi connectivity index (χ4n) is 2.55. The molecule has 0 radical (unpaired) electrons. The number of rotatable bonds is 7. The smallest absolute Gasteiger partial charge is 0.272 e. The Balaban J connectivity index is 1.88. The van der Waals surface area contributed by atoms with Crippen molar-refractivity contribution in [2.24, 2.45) is 0 Å². The highest BCUT2D eigenvalue weighted by atomic mass is 16.2. The van der Waals surface area contributed by atoms with E-state index in [1.54, 1.807) is 6.92 Å². The van der Waals surface area contributed by atoms with Crippen molar-refractivity contribution in [1.82, 2.24) is 14.9 Å². The van der Waals surface area contributed by atoms with Gasteiger partial charge in [0.25, 0.3) is 11.8 Å². The Morgan fingerprint density at radius 2 is 1.61 bits per heavy atom. The molecule has 0 aromatic rings. The molecule has 23 heavy (non-hydrogen) atoms. The summed E-state index contributed by atoms with van der Waals surface area (Å²) in [6.07, 6.45) is 3.90. The van der Waals surface area contributed by atoms with Crippen LogP contribution in [0.25, 0.3) is 0 Å². The van der Waals surface area contributed by atoms with Gasteiger partial charge in [0.1, 0.15) is 0 Å². The summed E-state index contributed by atoms with van der Waals surface area (Å²) in [7, 11) is 0. The molecule has 2 rings (SSSR count). The molecule has 0 aromatic carbocycles. The standard InChI is InChI=1S/C15H19N3O5/c1-2-11(19)17(18-14(22)7-8-15(18)23)10-4-3-9-16-12(20)5-6-13(16)21/h7-8H,2-6,9-10H2,1H3. The van der Waals surface area contributed by atoms with Crippen molar-refractivity contribution in [1.29, 1.82) is 0 Å². The van der Waals surface area contributed by atoms with Gasteiger partial charge < -0.3 is 0 Å². The molecule has 0 N–H and O–H groups in total. The molecule has 8 heteroatoms. The minimum absolute atomic E-state index is 0.167. The van der Waals surface area contributed by atoms with Crippen molar-refractivity contribution in [2.45, 2.75) is 39.0 Å². The summed E-state index contributed by atoms with van der Waals surface area (Å²) >= 11 is 0. The minimum atomic E-state index is -0.540. The molecule has 1 fully saturated rings. The number of carbonyl (C=O) groups excluding carboxylic acids is 5. The Hall–Kier alpha value is -2.51. The van der Waals surface area contributed by atoms with Crippen LogP contribution < -0.4 is 0 Å². The van der Waals surface area contributed by atoms with Crippen molar-refractivity contribution in [3.63, 3.8) is 0 Å². The topological polar surface area (TPSA) is 95.1 Å². The summed E-state index contributed by atoms with van der Waals surface area (Å²) in [5.41, 5.74) is 0. The maximum Gasteiger partial charge on any atom is 0.272 e. The third-order valence-corrected chi connectivity index (χ3v) is 3.77. The summed E-state index contributed by atoms with van der Waals surface area (Å²) in [4.78, 5) is 59.6. The first-order valence-corrected chi connectivity index (χ1v) is 7.65. The van der Waals surface area contributed by atoms with Gasteiger partial charge in [0.15, 0.2) is 0 Å². The molecule has 2 aliphatic heterocycles. The van der Waals surface area contributed by atoms with Crippen LogP contribution in [0.15, 0.2) is 12.2 Å². The van der Waals surface area contributed by atoms with Crippen LogP contribution in [0.3, 0.4) is 0 Å². The largest absolute Gasteiger partial charge is 0.283 e. The molecule has 5 amide bonds. The van der Waals surface area contributed by atoms with E-state index in [4.69, 9.17) is 0 Å². The number of nitrogens with zero attached hydrogens (tertiary/aromatic N) is 3. The maximum atomic E-state index is 12.0. The summed E-state index contributed by atoms with van der Waals surface area (Å²) < 4.78 is 0. The van der Waals surface area contributed by atoms with Crippen LogP contribution >= 0.6 is 0 Å². The van der Waals surface area contributed by atoms with E-state index in [-0.39, 0.29) is 43.5 Å². The van der Waals surface area contributed by atoms with Gasteiger partial charge in [-0.05, 0) is 12.8 Å². The summed E-state index contributed by atoms with van der Waals surface area (Å²) in [5, 5.41) is 1.97. The zero-order valence-electron chi connectivity index (χ0n) is 13.0. The van der Waals surface area contributed by atoms with Crippen LogP contribution in [0.5, 0.6) is 0 Å². The van der Waals surface area contributed by atoms with E-state index >= 15 is 0 Å². The monoisotopic (exact) mass is 321 g/mol. The van der Waals surface area contributed by atoms with Gasteiger partial charge in [-0.3, -0.25) is 28.9 Å². The molecule has 0 unspecified atom stereocenters. The van der Waals surface area contributed by atoms with E-state index in [0.29, 0.717) is 19.4 Å². The fourth-order valence-corrected chi connectivity index (χ4v) is 2.55. The van der Waals surface area contributed by atoms with Crippen LogP contribution in [0.4, 0.5) is 0 Å². The normalized spacial score (nSPS) is 17.6. The van der Waals surface area contributed by atoms with Crippen LogP contribution in [0.2, 0.25) is 0 Å². The van der Waals surface area contributed by atoms with Crippen molar-refractivity contribution in [2.75, 3.05) is 13.1 Å². The summed E-state index contributed by atoms with van der Waals surface area (Å²) in [6.45, 7) is 2.13. The van der Waals surface area contributed by atoms with Gasteiger partial charge in [-0.1, -0.05) is 6.92 Å². The Bertz CT molecular complexity index is 550. The van der Waals surface area contributed by atoms with Gasteiger partial charge in [0.2, 0.25) is 17.7 Å². The van der Waals surface area contributed by atoms with Gasteiger partial charge in [-0.25, -0.2) is 5.01 Å². The van der Waals surface area contributed by atoms with Crippen molar-refractivity contribution in [3.05, 3.63) is 12.2 Å².